The van der Waals surface area contributed by atoms with Crippen LogP contribution in [0.5, 0.6) is 0 Å². The van der Waals surface area contributed by atoms with Gasteiger partial charge in [-0.1, -0.05) is 18.5 Å². The first-order valence-electron chi connectivity index (χ1n) is 8.03. The van der Waals surface area contributed by atoms with Gasteiger partial charge in [0.25, 0.3) is 5.56 Å². The summed E-state index contributed by atoms with van der Waals surface area (Å²) in [5.41, 5.74) is 3.01. The molecule has 0 saturated heterocycles. The Hall–Kier alpha value is -2.86. The first-order valence-corrected chi connectivity index (χ1v) is 8.41. The molecule has 0 spiro atoms. The Balaban J connectivity index is 1.63. The van der Waals surface area contributed by atoms with E-state index in [0.717, 1.165) is 34.5 Å². The number of fused-ring (bicyclic) bond motifs is 2. The van der Waals surface area contributed by atoms with Crippen LogP contribution in [-0.4, -0.2) is 19.6 Å². The van der Waals surface area contributed by atoms with Crippen molar-refractivity contribution in [3.05, 3.63) is 69.4 Å². The molecule has 2 N–H and O–H groups in total. The Labute approximate surface area is 148 Å². The first kappa shape index (κ1) is 15.7. The molecule has 126 valence electrons. The number of rotatable bonds is 4. The lowest BCUT2D eigenvalue weighted by Gasteiger charge is -2.08. The molecule has 6 nitrogen and oxygen atoms in total. The second-order valence-corrected chi connectivity index (χ2v) is 6.26. The van der Waals surface area contributed by atoms with Gasteiger partial charge in [0.15, 0.2) is 5.65 Å². The van der Waals surface area contributed by atoms with Crippen molar-refractivity contribution in [2.24, 2.45) is 0 Å². The van der Waals surface area contributed by atoms with Crippen LogP contribution >= 0.6 is 11.6 Å². The summed E-state index contributed by atoms with van der Waals surface area (Å²) < 4.78 is 1.95. The molecule has 0 saturated carbocycles. The Morgan fingerprint density at radius 2 is 2.08 bits per heavy atom. The number of anilines is 1. The second kappa shape index (κ2) is 6.22. The summed E-state index contributed by atoms with van der Waals surface area (Å²) in [6.45, 7) is 2.45. The Kier molecular flexibility index (Phi) is 3.89. The van der Waals surface area contributed by atoms with Gasteiger partial charge >= 0.3 is 0 Å². The molecule has 1 aromatic carbocycles. The third kappa shape index (κ3) is 2.96. The summed E-state index contributed by atoms with van der Waals surface area (Å²) in [6.07, 6.45) is 2.75. The smallest absolute Gasteiger partial charge is 0.253 e. The van der Waals surface area contributed by atoms with Crippen molar-refractivity contribution in [3.8, 4) is 0 Å². The molecular formula is C18H16ClN5O. The van der Waals surface area contributed by atoms with E-state index in [9.17, 15) is 4.79 Å². The highest BCUT2D eigenvalue weighted by Crippen LogP contribution is 2.18. The molecule has 0 bridgehead atoms. The molecule has 0 unspecified atom stereocenters. The van der Waals surface area contributed by atoms with Crippen LogP contribution in [0.3, 0.4) is 0 Å². The summed E-state index contributed by atoms with van der Waals surface area (Å²) >= 11 is 6.03. The molecule has 4 aromatic rings. The number of H-pyrrole nitrogens is 1. The lowest BCUT2D eigenvalue weighted by Crippen LogP contribution is -2.15. The average Bonchev–Trinajstić information content (AvgIpc) is 3.02. The van der Waals surface area contributed by atoms with Crippen LogP contribution in [0.15, 0.2) is 47.4 Å². The number of nitrogens with zero attached hydrogens (tertiary/aromatic N) is 3. The molecule has 0 aliphatic rings. The minimum Gasteiger partial charge on any atom is -0.380 e. The van der Waals surface area contributed by atoms with Gasteiger partial charge in [0, 0.05) is 40.7 Å². The number of halogens is 1. The number of benzene rings is 1. The lowest BCUT2D eigenvalue weighted by molar-refractivity contribution is 0.908. The molecule has 7 heteroatoms. The zero-order valence-electron chi connectivity index (χ0n) is 13.6. The minimum atomic E-state index is -0.109. The maximum Gasteiger partial charge on any atom is 0.253 e. The number of aryl methyl sites for hydroxylation is 1. The Morgan fingerprint density at radius 1 is 1.20 bits per heavy atom. The largest absolute Gasteiger partial charge is 0.380 e. The van der Waals surface area contributed by atoms with Crippen LogP contribution in [0, 0.1) is 0 Å². The summed E-state index contributed by atoms with van der Waals surface area (Å²) in [5.74, 6) is 0.900. The van der Waals surface area contributed by atoms with E-state index in [-0.39, 0.29) is 5.56 Å². The SMILES string of the molecule is CCc1nnc2ccc(NCc3cc4cc(Cl)ccc4[nH]c3=O)cn12. The first-order chi connectivity index (χ1) is 12.1. The standard InChI is InChI=1S/C18H16ClN5O/c1-2-16-22-23-17-6-4-14(10-24(16)17)20-9-12-7-11-8-13(19)3-5-15(11)21-18(12)25/h3-8,10,20H,2,9H2,1H3,(H,21,25). The predicted octanol–water partition coefficient (Wildman–Crippen LogP) is 3.40. The highest BCUT2D eigenvalue weighted by molar-refractivity contribution is 6.31. The molecule has 0 aliphatic carbocycles. The van der Waals surface area contributed by atoms with Crippen LogP contribution in [-0.2, 0) is 13.0 Å². The fourth-order valence-electron chi connectivity index (χ4n) is 2.84. The predicted molar refractivity (Wildman–Crippen MR) is 99.3 cm³/mol. The number of hydrogen-bond donors (Lipinski definition) is 2. The number of aromatic amines is 1. The zero-order chi connectivity index (χ0) is 17.4. The van der Waals surface area contributed by atoms with Gasteiger partial charge in [0.1, 0.15) is 5.82 Å². The quantitative estimate of drug-likeness (QED) is 0.589. The van der Waals surface area contributed by atoms with Crippen molar-refractivity contribution in [3.63, 3.8) is 0 Å². The van der Waals surface area contributed by atoms with Crippen LogP contribution in [0.4, 0.5) is 5.69 Å². The zero-order valence-corrected chi connectivity index (χ0v) is 14.3. The summed E-state index contributed by atoms with van der Waals surface area (Å²) in [6, 6.07) is 11.1. The third-order valence-corrected chi connectivity index (χ3v) is 4.39. The van der Waals surface area contributed by atoms with Gasteiger partial charge in [-0.05, 0) is 36.4 Å². The molecule has 0 atom stereocenters. The van der Waals surface area contributed by atoms with E-state index in [2.05, 4.69) is 20.5 Å². The topological polar surface area (TPSA) is 75.1 Å². The van der Waals surface area contributed by atoms with E-state index in [1.807, 2.05) is 47.9 Å². The van der Waals surface area contributed by atoms with E-state index in [1.54, 1.807) is 6.07 Å². The molecule has 0 fully saturated rings. The van der Waals surface area contributed by atoms with Crippen LogP contribution in [0.25, 0.3) is 16.6 Å². The molecule has 4 rings (SSSR count). The van der Waals surface area contributed by atoms with Crippen molar-refractivity contribution >= 4 is 33.8 Å². The lowest BCUT2D eigenvalue weighted by atomic mass is 10.1. The molecule has 3 aromatic heterocycles. The van der Waals surface area contributed by atoms with Gasteiger partial charge in [-0.15, -0.1) is 10.2 Å². The van der Waals surface area contributed by atoms with Crippen molar-refractivity contribution in [1.29, 1.82) is 0 Å². The van der Waals surface area contributed by atoms with Crippen molar-refractivity contribution in [2.45, 2.75) is 19.9 Å². The molecule has 0 amide bonds. The second-order valence-electron chi connectivity index (χ2n) is 5.82. The van der Waals surface area contributed by atoms with Crippen molar-refractivity contribution in [1.82, 2.24) is 19.6 Å². The molecule has 0 radical (unpaired) electrons. The number of nitrogens with one attached hydrogen (secondary N) is 2. The van der Waals surface area contributed by atoms with Gasteiger partial charge < -0.3 is 10.3 Å². The summed E-state index contributed by atoms with van der Waals surface area (Å²) in [4.78, 5) is 15.1. The highest BCUT2D eigenvalue weighted by atomic mass is 35.5. The monoisotopic (exact) mass is 353 g/mol. The maximum atomic E-state index is 12.3. The van der Waals surface area contributed by atoms with E-state index in [1.165, 1.54) is 0 Å². The van der Waals surface area contributed by atoms with E-state index in [0.29, 0.717) is 17.1 Å². The number of aromatic nitrogens is 4. The molecular weight excluding hydrogens is 338 g/mol. The van der Waals surface area contributed by atoms with Gasteiger partial charge in [-0.3, -0.25) is 9.20 Å². The summed E-state index contributed by atoms with van der Waals surface area (Å²) in [5, 5.41) is 13.1. The normalized spacial score (nSPS) is 11.3. The highest BCUT2D eigenvalue weighted by Gasteiger charge is 2.06. The van der Waals surface area contributed by atoms with E-state index < -0.39 is 0 Å². The number of pyridine rings is 2. The van der Waals surface area contributed by atoms with Gasteiger partial charge in [0.2, 0.25) is 0 Å². The van der Waals surface area contributed by atoms with Gasteiger partial charge in [-0.2, -0.15) is 0 Å². The minimum absolute atomic E-state index is 0.109. The average molecular weight is 354 g/mol. The molecule has 0 aliphatic heterocycles. The number of hydrogen-bond acceptors (Lipinski definition) is 4. The fourth-order valence-corrected chi connectivity index (χ4v) is 3.02. The van der Waals surface area contributed by atoms with Crippen molar-refractivity contribution in [2.75, 3.05) is 5.32 Å². The Morgan fingerprint density at radius 3 is 2.92 bits per heavy atom. The van der Waals surface area contributed by atoms with E-state index >= 15 is 0 Å². The van der Waals surface area contributed by atoms with Gasteiger partial charge in [0.05, 0.1) is 5.69 Å². The fraction of sp³-hybridized carbons (Fsp3) is 0.167. The third-order valence-electron chi connectivity index (χ3n) is 4.16. The van der Waals surface area contributed by atoms with Crippen LogP contribution < -0.4 is 10.9 Å². The van der Waals surface area contributed by atoms with Crippen molar-refractivity contribution < 1.29 is 0 Å². The Bertz CT molecular complexity index is 1130. The maximum absolute atomic E-state index is 12.3. The molecule has 3 heterocycles. The molecule has 25 heavy (non-hydrogen) atoms. The summed E-state index contributed by atoms with van der Waals surface area (Å²) in [7, 11) is 0. The van der Waals surface area contributed by atoms with Crippen LogP contribution in [0.1, 0.15) is 18.3 Å². The van der Waals surface area contributed by atoms with E-state index in [4.69, 9.17) is 11.6 Å². The van der Waals surface area contributed by atoms with Gasteiger partial charge in [-0.25, -0.2) is 0 Å². The van der Waals surface area contributed by atoms with Crippen LogP contribution in [0.2, 0.25) is 5.02 Å².